The summed E-state index contributed by atoms with van der Waals surface area (Å²) in [6.45, 7) is 7.33. The number of halogens is 1. The van der Waals surface area contributed by atoms with Crippen LogP contribution in [0.2, 0.25) is 5.02 Å². The number of terminal acetylenes is 1. The molecular formula is C49H58ClN3O10. The van der Waals surface area contributed by atoms with Gasteiger partial charge in [-0.3, -0.25) is 33.9 Å². The number of hydrogen-bond donors (Lipinski definition) is 3. The molecule has 2 aliphatic carbocycles. The summed E-state index contributed by atoms with van der Waals surface area (Å²) in [4.78, 5) is 65.1. The molecule has 0 saturated carbocycles. The van der Waals surface area contributed by atoms with Crippen LogP contribution in [0.15, 0.2) is 66.3 Å². The van der Waals surface area contributed by atoms with Crippen LogP contribution >= 0.6 is 11.6 Å². The van der Waals surface area contributed by atoms with Crippen LogP contribution in [-0.2, 0) is 39.8 Å². The lowest BCUT2D eigenvalue weighted by Gasteiger charge is -2.50. The molecule has 2 heterocycles. The lowest BCUT2D eigenvalue weighted by atomic mass is 9.61. The van der Waals surface area contributed by atoms with E-state index >= 15 is 0 Å². The van der Waals surface area contributed by atoms with Crippen molar-refractivity contribution in [1.29, 1.82) is 0 Å². The number of aliphatic hydroxyl groups is 1. The van der Waals surface area contributed by atoms with Crippen molar-refractivity contribution in [3.63, 3.8) is 0 Å². The van der Waals surface area contributed by atoms with Crippen LogP contribution in [0.5, 0.6) is 5.75 Å². The molecule has 3 N–H and O–H groups in total. The number of allylic oxidation sites excluding steroid dienone is 2. The molecular weight excluding hydrogens is 826 g/mol. The monoisotopic (exact) mass is 883 g/mol. The van der Waals surface area contributed by atoms with Gasteiger partial charge in [0.15, 0.2) is 0 Å². The lowest BCUT2D eigenvalue weighted by Crippen LogP contribution is -2.58. The Morgan fingerprint density at radius 1 is 1.11 bits per heavy atom. The van der Waals surface area contributed by atoms with Gasteiger partial charge in [-0.2, -0.15) is 0 Å². The summed E-state index contributed by atoms with van der Waals surface area (Å²) in [7, 11) is 1.54. The first-order chi connectivity index (χ1) is 30.0. The zero-order valence-electron chi connectivity index (χ0n) is 36.7. The van der Waals surface area contributed by atoms with E-state index < -0.39 is 29.0 Å². The maximum Gasteiger partial charge on any atom is 0.312 e. The zero-order valence-corrected chi connectivity index (χ0v) is 37.4. The van der Waals surface area contributed by atoms with Crippen LogP contribution in [0.25, 0.3) is 10.9 Å². The molecule has 6 atom stereocenters. The number of aliphatic hydroxyl groups excluding tert-OH is 1. The first-order valence-electron chi connectivity index (χ1n) is 21.6. The van der Waals surface area contributed by atoms with Gasteiger partial charge in [0.1, 0.15) is 25.2 Å². The summed E-state index contributed by atoms with van der Waals surface area (Å²) in [5.41, 5.74) is 1.78. The predicted octanol–water partition coefficient (Wildman–Crippen LogP) is 6.78. The number of benzene rings is 2. The van der Waals surface area contributed by atoms with Gasteiger partial charge >= 0.3 is 17.9 Å². The normalized spacial score (nSPS) is 23.2. The van der Waals surface area contributed by atoms with E-state index in [2.05, 4.69) is 41.7 Å². The van der Waals surface area contributed by atoms with Gasteiger partial charge in [0, 0.05) is 46.0 Å². The number of fused-ring (bicyclic) bond motifs is 2. The van der Waals surface area contributed by atoms with Gasteiger partial charge in [-0.25, -0.2) is 0 Å². The molecule has 0 unspecified atom stereocenters. The molecule has 1 aromatic heterocycles. The van der Waals surface area contributed by atoms with Crippen LogP contribution in [0.4, 0.5) is 0 Å². The molecule has 14 heteroatoms. The van der Waals surface area contributed by atoms with Gasteiger partial charge in [0.25, 0.3) is 5.91 Å². The number of aromatic nitrogens is 1. The molecule has 1 fully saturated rings. The molecule has 6 rings (SSSR count). The summed E-state index contributed by atoms with van der Waals surface area (Å²) in [6.07, 6.45) is 14.5. The molecule has 2 aromatic carbocycles. The van der Waals surface area contributed by atoms with Crippen LogP contribution < -0.4 is 15.4 Å². The minimum atomic E-state index is -0.984. The van der Waals surface area contributed by atoms with E-state index in [9.17, 15) is 29.1 Å². The van der Waals surface area contributed by atoms with Gasteiger partial charge in [-0.1, -0.05) is 42.7 Å². The van der Waals surface area contributed by atoms with Crippen molar-refractivity contribution in [2.24, 2.45) is 23.2 Å². The maximum absolute atomic E-state index is 13.6. The highest BCUT2D eigenvalue weighted by Crippen LogP contribution is 2.47. The van der Waals surface area contributed by atoms with Crippen molar-refractivity contribution >= 4 is 52.2 Å². The summed E-state index contributed by atoms with van der Waals surface area (Å²) in [6, 6.07) is 11.9. The van der Waals surface area contributed by atoms with Crippen LogP contribution in [0.3, 0.4) is 0 Å². The van der Waals surface area contributed by atoms with Crippen molar-refractivity contribution in [2.75, 3.05) is 27.0 Å². The number of carbonyl (C=O) groups is 5. The second-order valence-electron chi connectivity index (χ2n) is 17.5. The Balaban J connectivity index is 0.984. The average Bonchev–Trinajstić information content (AvgIpc) is 3.52. The third-order valence-electron chi connectivity index (χ3n) is 12.8. The summed E-state index contributed by atoms with van der Waals surface area (Å²) in [5, 5.41) is 17.7. The number of nitrogens with zero attached hydrogens (tertiary/aromatic N) is 1. The highest BCUT2D eigenvalue weighted by atomic mass is 35.5. The van der Waals surface area contributed by atoms with E-state index in [1.807, 2.05) is 0 Å². The number of hydrogen-bond acceptors (Lipinski definition) is 11. The maximum atomic E-state index is 13.6. The SMILES string of the molecule is C#C[C@H]1C=C2C=C[C@H](C)[C@H](CC[C@@H]3C[C@@H](O)CC(=O)O3)[C@@]2(NCOC(=O)C(C)(C)CCC(=O)NCCOC(=O)Cc2c(C)n(C(=O)c3ccc(Cl)cc3)c3ccc(OC)cc23)CC1. The van der Waals surface area contributed by atoms with E-state index in [1.54, 1.807) is 74.9 Å². The number of rotatable bonds is 17. The number of ether oxygens (including phenoxy) is 4. The molecule has 336 valence electrons. The number of amides is 1. The Kier molecular flexibility index (Phi) is 15.2. The quantitative estimate of drug-likeness (QED) is 0.0430. The summed E-state index contributed by atoms with van der Waals surface area (Å²) >= 11 is 6.05. The minimum absolute atomic E-state index is 0.0141. The summed E-state index contributed by atoms with van der Waals surface area (Å²) in [5.74, 6) is 1.69. The first-order valence-corrected chi connectivity index (χ1v) is 22.0. The molecule has 1 saturated heterocycles. The third-order valence-corrected chi connectivity index (χ3v) is 13.1. The third kappa shape index (κ3) is 11.0. The largest absolute Gasteiger partial charge is 0.497 e. The Hall–Kier alpha value is -5.42. The van der Waals surface area contributed by atoms with Crippen LogP contribution in [-0.4, -0.2) is 84.1 Å². The number of carbonyl (C=O) groups excluding carboxylic acids is 5. The Morgan fingerprint density at radius 3 is 2.59 bits per heavy atom. The fraction of sp³-hybridized carbons (Fsp3) is 0.490. The van der Waals surface area contributed by atoms with Crippen LogP contribution in [0.1, 0.15) is 93.8 Å². The van der Waals surface area contributed by atoms with E-state index in [4.69, 9.17) is 37.0 Å². The standard InChI is InChI=1S/C49H58ClN3O10/c1-7-32-18-21-49(34(24-32)11-8-30(2)41(49)16-14-38-25-36(54)26-45(57)63-38)52-29-62-47(59)48(4,5)20-19-43(55)51-22-23-61-44(56)28-39-31(3)53(42-17-15-37(60-6)27-40(39)42)46(58)33-9-12-35(50)13-10-33/h1,8-13,15,17,24,27,30,32,36,38,41,52,54H,14,16,18-23,25-26,28-29H2,2-6H3,(H,51,55)/t30-,32+,36+,38+,41-,49+/m0/s1. The molecule has 3 aromatic rings. The van der Waals surface area contributed by atoms with Crippen molar-refractivity contribution < 1.29 is 48.0 Å². The van der Waals surface area contributed by atoms with E-state index in [0.29, 0.717) is 57.8 Å². The lowest BCUT2D eigenvalue weighted by molar-refractivity contribution is -0.160. The van der Waals surface area contributed by atoms with Gasteiger partial charge in [0.2, 0.25) is 5.91 Å². The van der Waals surface area contributed by atoms with Crippen LogP contribution in [0, 0.1) is 42.4 Å². The molecule has 0 bridgehead atoms. The van der Waals surface area contributed by atoms with E-state index in [-0.39, 0.29) is 87.2 Å². The number of methoxy groups -OCH3 is 1. The highest BCUT2D eigenvalue weighted by molar-refractivity contribution is 6.30. The fourth-order valence-electron chi connectivity index (χ4n) is 9.17. The zero-order chi connectivity index (χ0) is 45.5. The van der Waals surface area contributed by atoms with Gasteiger partial charge < -0.3 is 29.4 Å². The Labute approximate surface area is 373 Å². The molecule has 13 nitrogen and oxygen atoms in total. The molecule has 3 aliphatic rings. The minimum Gasteiger partial charge on any atom is -0.497 e. The predicted molar refractivity (Wildman–Crippen MR) is 238 cm³/mol. The van der Waals surface area contributed by atoms with Crippen molar-refractivity contribution in [1.82, 2.24) is 15.2 Å². The molecule has 1 aliphatic heterocycles. The summed E-state index contributed by atoms with van der Waals surface area (Å²) < 4.78 is 23.9. The van der Waals surface area contributed by atoms with Crippen molar-refractivity contribution in [3.05, 3.63) is 88.1 Å². The Morgan fingerprint density at radius 2 is 1.87 bits per heavy atom. The smallest absolute Gasteiger partial charge is 0.312 e. The van der Waals surface area contributed by atoms with Gasteiger partial charge in [-0.05, 0) is 118 Å². The van der Waals surface area contributed by atoms with E-state index in [0.717, 1.165) is 18.4 Å². The van der Waals surface area contributed by atoms with E-state index in [1.165, 1.54) is 0 Å². The van der Waals surface area contributed by atoms with Gasteiger partial charge in [0.05, 0.1) is 43.5 Å². The molecule has 0 radical (unpaired) electrons. The second-order valence-corrected chi connectivity index (χ2v) is 17.9. The topological polar surface area (TPSA) is 171 Å². The second kappa shape index (κ2) is 20.4. The molecule has 0 spiro atoms. The molecule has 1 amide bonds. The average molecular weight is 884 g/mol. The number of cyclic esters (lactones) is 1. The van der Waals surface area contributed by atoms with Crippen molar-refractivity contribution in [3.8, 4) is 18.1 Å². The number of nitrogens with one attached hydrogen (secondary N) is 2. The Bertz CT molecular complexity index is 2310. The van der Waals surface area contributed by atoms with Gasteiger partial charge in [-0.15, -0.1) is 6.42 Å². The molecule has 63 heavy (non-hydrogen) atoms. The first kappa shape index (κ1) is 47.1. The number of esters is 3. The fourth-order valence-corrected chi connectivity index (χ4v) is 9.30. The highest BCUT2D eigenvalue weighted by Gasteiger charge is 2.47. The van der Waals surface area contributed by atoms with Crippen molar-refractivity contribution in [2.45, 2.75) is 103 Å².